The van der Waals surface area contributed by atoms with E-state index in [1.165, 1.54) is 16.3 Å². The predicted molar refractivity (Wildman–Crippen MR) is 87.9 cm³/mol. The van der Waals surface area contributed by atoms with Crippen molar-refractivity contribution in [3.63, 3.8) is 0 Å². The summed E-state index contributed by atoms with van der Waals surface area (Å²) in [4.78, 5) is 0. The predicted octanol–water partition coefficient (Wildman–Crippen LogP) is 4.97. The highest BCUT2D eigenvalue weighted by Crippen LogP contribution is 2.18. The summed E-state index contributed by atoms with van der Waals surface area (Å²) < 4.78 is 0. The third-order valence-electron chi connectivity index (χ3n) is 3.28. The number of hydrogen-bond acceptors (Lipinski definition) is 1. The second kappa shape index (κ2) is 6.07. The zero-order chi connectivity index (χ0) is 13.6. The van der Waals surface area contributed by atoms with Crippen LogP contribution in [0.3, 0.4) is 0 Å². The Morgan fingerprint density at radius 3 is 2.35 bits per heavy atom. The van der Waals surface area contributed by atoms with E-state index in [0.29, 0.717) is 0 Å². The molecule has 1 heteroatoms. The molecule has 0 saturated carbocycles. The third kappa shape index (κ3) is 3.07. The molecule has 0 atom stereocenters. The standard InChI is InChI=1S/C19H17N/c1-2-7-16(8-3-1)9-6-14-20-19-13-12-17-10-4-5-11-18(17)15-19/h1-13,15,20H,14H2/b9-6+. The van der Waals surface area contributed by atoms with E-state index in [-0.39, 0.29) is 0 Å². The van der Waals surface area contributed by atoms with E-state index in [0.717, 1.165) is 12.2 Å². The van der Waals surface area contributed by atoms with Gasteiger partial charge in [-0.2, -0.15) is 0 Å². The van der Waals surface area contributed by atoms with Gasteiger partial charge in [0.25, 0.3) is 0 Å². The summed E-state index contributed by atoms with van der Waals surface area (Å²) >= 11 is 0. The quantitative estimate of drug-likeness (QED) is 0.698. The van der Waals surface area contributed by atoms with Gasteiger partial charge in [-0.25, -0.2) is 0 Å². The highest BCUT2D eigenvalue weighted by Gasteiger charge is 1.94. The number of fused-ring (bicyclic) bond motifs is 1. The molecule has 0 saturated heterocycles. The van der Waals surface area contributed by atoms with Gasteiger partial charge in [0.2, 0.25) is 0 Å². The average molecular weight is 259 g/mol. The molecular formula is C19H17N. The van der Waals surface area contributed by atoms with Crippen LogP contribution in [-0.4, -0.2) is 6.54 Å². The Balaban J connectivity index is 1.64. The summed E-state index contributed by atoms with van der Waals surface area (Å²) in [5, 5.41) is 5.96. The molecule has 0 unspecified atom stereocenters. The Morgan fingerprint density at radius 2 is 1.50 bits per heavy atom. The maximum Gasteiger partial charge on any atom is 0.0349 e. The fourth-order valence-corrected chi connectivity index (χ4v) is 2.24. The molecule has 0 aliphatic heterocycles. The van der Waals surface area contributed by atoms with Crippen LogP contribution in [0, 0.1) is 0 Å². The van der Waals surface area contributed by atoms with Crippen molar-refractivity contribution in [3.05, 3.63) is 84.4 Å². The fourth-order valence-electron chi connectivity index (χ4n) is 2.24. The molecule has 0 aliphatic carbocycles. The summed E-state index contributed by atoms with van der Waals surface area (Å²) in [5.41, 5.74) is 2.38. The summed E-state index contributed by atoms with van der Waals surface area (Å²) in [6.07, 6.45) is 4.28. The van der Waals surface area contributed by atoms with Gasteiger partial charge in [-0.15, -0.1) is 0 Å². The van der Waals surface area contributed by atoms with Gasteiger partial charge in [-0.1, -0.05) is 72.8 Å². The van der Waals surface area contributed by atoms with Crippen molar-refractivity contribution in [2.75, 3.05) is 11.9 Å². The van der Waals surface area contributed by atoms with Gasteiger partial charge in [0.05, 0.1) is 0 Å². The Morgan fingerprint density at radius 1 is 0.750 bits per heavy atom. The van der Waals surface area contributed by atoms with E-state index >= 15 is 0 Å². The average Bonchev–Trinajstić information content (AvgIpc) is 2.52. The monoisotopic (exact) mass is 259 g/mol. The first-order chi connectivity index (χ1) is 9.92. The fraction of sp³-hybridized carbons (Fsp3) is 0.0526. The lowest BCUT2D eigenvalue weighted by Gasteiger charge is -2.05. The maximum absolute atomic E-state index is 3.42. The minimum atomic E-state index is 0.827. The Bertz CT molecular complexity index is 714. The molecule has 20 heavy (non-hydrogen) atoms. The van der Waals surface area contributed by atoms with Crippen LogP contribution >= 0.6 is 0 Å². The minimum absolute atomic E-state index is 0.827. The molecule has 0 amide bonds. The van der Waals surface area contributed by atoms with Crippen LogP contribution in [0.4, 0.5) is 5.69 Å². The van der Waals surface area contributed by atoms with E-state index in [1.807, 2.05) is 6.07 Å². The second-order valence-corrected chi connectivity index (χ2v) is 4.76. The van der Waals surface area contributed by atoms with E-state index in [1.54, 1.807) is 0 Å². The Kier molecular flexibility index (Phi) is 3.79. The first kappa shape index (κ1) is 12.5. The number of nitrogens with one attached hydrogen (secondary N) is 1. The molecule has 0 aliphatic rings. The van der Waals surface area contributed by atoms with Gasteiger partial charge in [0.1, 0.15) is 0 Å². The summed E-state index contributed by atoms with van der Waals surface area (Å²) in [7, 11) is 0. The van der Waals surface area contributed by atoms with Crippen molar-refractivity contribution in [1.29, 1.82) is 0 Å². The topological polar surface area (TPSA) is 12.0 Å². The molecule has 0 spiro atoms. The normalized spacial score (nSPS) is 11.0. The molecule has 1 nitrogen and oxygen atoms in total. The molecule has 3 aromatic carbocycles. The molecule has 1 N–H and O–H groups in total. The van der Waals surface area contributed by atoms with Gasteiger partial charge in [-0.3, -0.25) is 0 Å². The van der Waals surface area contributed by atoms with Gasteiger partial charge < -0.3 is 5.32 Å². The molecular weight excluding hydrogens is 242 g/mol. The molecule has 3 rings (SSSR count). The van der Waals surface area contributed by atoms with Crippen molar-refractivity contribution >= 4 is 22.5 Å². The number of benzene rings is 3. The molecule has 0 heterocycles. The van der Waals surface area contributed by atoms with Crippen LogP contribution in [-0.2, 0) is 0 Å². The lowest BCUT2D eigenvalue weighted by Crippen LogP contribution is -1.97. The zero-order valence-electron chi connectivity index (χ0n) is 11.3. The molecule has 0 fully saturated rings. The summed E-state index contributed by atoms with van der Waals surface area (Å²) in [6, 6.07) is 25.2. The highest BCUT2D eigenvalue weighted by molar-refractivity contribution is 5.85. The second-order valence-electron chi connectivity index (χ2n) is 4.76. The maximum atomic E-state index is 3.42. The van der Waals surface area contributed by atoms with Crippen LogP contribution in [0.1, 0.15) is 5.56 Å². The third-order valence-corrected chi connectivity index (χ3v) is 3.28. The molecule has 0 bridgehead atoms. The van der Waals surface area contributed by atoms with Gasteiger partial charge in [-0.05, 0) is 28.5 Å². The van der Waals surface area contributed by atoms with Gasteiger partial charge in [0, 0.05) is 12.2 Å². The smallest absolute Gasteiger partial charge is 0.0349 e. The first-order valence-corrected chi connectivity index (χ1v) is 6.86. The van der Waals surface area contributed by atoms with Crippen LogP contribution in [0.15, 0.2) is 78.9 Å². The van der Waals surface area contributed by atoms with Crippen LogP contribution in [0.2, 0.25) is 0 Å². The number of anilines is 1. The zero-order valence-corrected chi connectivity index (χ0v) is 11.3. The van der Waals surface area contributed by atoms with Crippen molar-refractivity contribution in [2.24, 2.45) is 0 Å². The van der Waals surface area contributed by atoms with Gasteiger partial charge in [0.15, 0.2) is 0 Å². The molecule has 0 radical (unpaired) electrons. The first-order valence-electron chi connectivity index (χ1n) is 6.86. The van der Waals surface area contributed by atoms with E-state index in [9.17, 15) is 0 Å². The van der Waals surface area contributed by atoms with Crippen molar-refractivity contribution in [1.82, 2.24) is 0 Å². The van der Waals surface area contributed by atoms with Crippen LogP contribution in [0.5, 0.6) is 0 Å². The van der Waals surface area contributed by atoms with Crippen LogP contribution < -0.4 is 5.32 Å². The number of rotatable bonds is 4. The van der Waals surface area contributed by atoms with Crippen molar-refractivity contribution in [3.8, 4) is 0 Å². The van der Waals surface area contributed by atoms with Gasteiger partial charge >= 0.3 is 0 Å². The van der Waals surface area contributed by atoms with Crippen molar-refractivity contribution in [2.45, 2.75) is 0 Å². The molecule has 0 aromatic heterocycles. The number of hydrogen-bond donors (Lipinski definition) is 1. The Labute approximate surface area is 119 Å². The lowest BCUT2D eigenvalue weighted by atomic mass is 10.1. The van der Waals surface area contributed by atoms with E-state index < -0.39 is 0 Å². The minimum Gasteiger partial charge on any atom is -0.382 e. The summed E-state index contributed by atoms with van der Waals surface area (Å²) in [5.74, 6) is 0. The molecule has 3 aromatic rings. The van der Waals surface area contributed by atoms with Crippen LogP contribution in [0.25, 0.3) is 16.8 Å². The summed E-state index contributed by atoms with van der Waals surface area (Å²) in [6.45, 7) is 0.827. The largest absolute Gasteiger partial charge is 0.382 e. The SMILES string of the molecule is C(=C\c1ccccc1)/CNc1ccc2ccccc2c1. The van der Waals surface area contributed by atoms with Crippen molar-refractivity contribution < 1.29 is 0 Å². The van der Waals surface area contributed by atoms with E-state index in [4.69, 9.17) is 0 Å². The Hall–Kier alpha value is -2.54. The highest BCUT2D eigenvalue weighted by atomic mass is 14.8. The lowest BCUT2D eigenvalue weighted by molar-refractivity contribution is 1.35. The van der Waals surface area contributed by atoms with E-state index in [2.05, 4.69) is 84.2 Å². The molecule has 98 valence electrons.